The lowest BCUT2D eigenvalue weighted by Gasteiger charge is -2.28. The van der Waals surface area contributed by atoms with Crippen LogP contribution in [0.15, 0.2) is 18.3 Å². The van der Waals surface area contributed by atoms with Crippen LogP contribution in [0.25, 0.3) is 0 Å². The summed E-state index contributed by atoms with van der Waals surface area (Å²) in [7, 11) is 0. The first-order chi connectivity index (χ1) is 10.2. The highest BCUT2D eigenvalue weighted by Crippen LogP contribution is 2.22. The van der Waals surface area contributed by atoms with Crippen molar-refractivity contribution in [3.63, 3.8) is 0 Å². The molecule has 0 spiro atoms. The van der Waals surface area contributed by atoms with Gasteiger partial charge in [0, 0.05) is 18.3 Å². The minimum absolute atomic E-state index is 0. The van der Waals surface area contributed by atoms with E-state index >= 15 is 0 Å². The van der Waals surface area contributed by atoms with E-state index in [9.17, 15) is 9.90 Å². The second kappa shape index (κ2) is 7.99. The van der Waals surface area contributed by atoms with Crippen LogP contribution in [0, 0.1) is 0 Å². The highest BCUT2D eigenvalue weighted by molar-refractivity contribution is 5.93. The number of piperidine rings is 1. The van der Waals surface area contributed by atoms with Gasteiger partial charge in [-0.05, 0) is 63.7 Å². The van der Waals surface area contributed by atoms with Gasteiger partial charge in [0.1, 0.15) is 5.69 Å². The third-order valence-electron chi connectivity index (χ3n) is 4.75. The van der Waals surface area contributed by atoms with Gasteiger partial charge in [-0.25, -0.2) is 0 Å². The largest absolute Gasteiger partial charge is 0.393 e. The predicted octanol–water partition coefficient (Wildman–Crippen LogP) is 1.87. The van der Waals surface area contributed by atoms with Crippen molar-refractivity contribution >= 4 is 18.3 Å². The standard InChI is InChI=1S/C16H25N3O2.ClH/c20-14-5-3-12(4-6-14)18-16(21)15-2-1-11-19(15)13-7-9-17-10-8-13;/h1-2,11-14,17,20H,3-10H2,(H,18,21);1H. The Morgan fingerprint density at radius 2 is 1.86 bits per heavy atom. The summed E-state index contributed by atoms with van der Waals surface area (Å²) in [5, 5.41) is 16.0. The summed E-state index contributed by atoms with van der Waals surface area (Å²) >= 11 is 0. The molecule has 1 aromatic rings. The van der Waals surface area contributed by atoms with Gasteiger partial charge in [0.25, 0.3) is 5.91 Å². The zero-order valence-corrected chi connectivity index (χ0v) is 13.6. The Hall–Kier alpha value is -1.04. The van der Waals surface area contributed by atoms with Gasteiger partial charge in [-0.1, -0.05) is 0 Å². The van der Waals surface area contributed by atoms with Crippen LogP contribution in [0.5, 0.6) is 0 Å². The zero-order chi connectivity index (χ0) is 14.7. The van der Waals surface area contributed by atoms with Gasteiger partial charge in [0.2, 0.25) is 0 Å². The minimum Gasteiger partial charge on any atom is -0.393 e. The van der Waals surface area contributed by atoms with Crippen molar-refractivity contribution < 1.29 is 9.90 Å². The zero-order valence-electron chi connectivity index (χ0n) is 12.8. The number of nitrogens with one attached hydrogen (secondary N) is 2. The van der Waals surface area contributed by atoms with Crippen LogP contribution < -0.4 is 10.6 Å². The van der Waals surface area contributed by atoms with E-state index in [2.05, 4.69) is 15.2 Å². The van der Waals surface area contributed by atoms with Crippen molar-refractivity contribution in [1.82, 2.24) is 15.2 Å². The maximum Gasteiger partial charge on any atom is 0.268 e. The Morgan fingerprint density at radius 3 is 2.55 bits per heavy atom. The van der Waals surface area contributed by atoms with Crippen molar-refractivity contribution in [3.8, 4) is 0 Å². The number of carbonyl (C=O) groups excluding carboxylic acids is 1. The molecular weight excluding hydrogens is 302 g/mol. The number of aliphatic hydroxyl groups excluding tert-OH is 1. The van der Waals surface area contributed by atoms with Crippen LogP contribution in [0.1, 0.15) is 55.1 Å². The van der Waals surface area contributed by atoms with E-state index < -0.39 is 0 Å². The van der Waals surface area contributed by atoms with Gasteiger partial charge in [0.05, 0.1) is 6.10 Å². The molecule has 5 nitrogen and oxygen atoms in total. The Balaban J connectivity index is 0.00000176. The summed E-state index contributed by atoms with van der Waals surface area (Å²) in [4.78, 5) is 12.5. The Labute approximate surface area is 137 Å². The van der Waals surface area contributed by atoms with E-state index in [1.54, 1.807) is 0 Å². The second-order valence-electron chi connectivity index (χ2n) is 6.26. The molecule has 0 atom stereocenters. The molecule has 3 rings (SSSR count). The van der Waals surface area contributed by atoms with E-state index in [1.165, 1.54) is 0 Å². The quantitative estimate of drug-likeness (QED) is 0.794. The SMILES string of the molecule is Cl.O=C(NC1CCC(O)CC1)c1cccn1C1CCNCC1. The molecule has 0 bridgehead atoms. The molecule has 2 heterocycles. The molecule has 0 radical (unpaired) electrons. The third-order valence-corrected chi connectivity index (χ3v) is 4.75. The molecule has 1 saturated carbocycles. The molecule has 0 aromatic carbocycles. The van der Waals surface area contributed by atoms with Crippen molar-refractivity contribution in [3.05, 3.63) is 24.0 Å². The molecule has 1 aliphatic heterocycles. The molecule has 124 valence electrons. The maximum atomic E-state index is 12.5. The normalized spacial score (nSPS) is 26.2. The molecule has 2 fully saturated rings. The number of halogens is 1. The molecule has 22 heavy (non-hydrogen) atoms. The lowest BCUT2D eigenvalue weighted by Crippen LogP contribution is -2.40. The van der Waals surface area contributed by atoms with E-state index in [1.807, 2.05) is 18.3 Å². The number of hydrogen-bond donors (Lipinski definition) is 3. The molecule has 2 aliphatic rings. The van der Waals surface area contributed by atoms with Gasteiger partial charge < -0.3 is 20.3 Å². The van der Waals surface area contributed by atoms with E-state index in [4.69, 9.17) is 0 Å². The molecule has 1 aromatic heterocycles. The van der Waals surface area contributed by atoms with E-state index in [0.29, 0.717) is 6.04 Å². The number of hydrogen-bond acceptors (Lipinski definition) is 3. The van der Waals surface area contributed by atoms with Crippen LogP contribution in [-0.4, -0.2) is 40.8 Å². The topological polar surface area (TPSA) is 66.3 Å². The summed E-state index contributed by atoms with van der Waals surface area (Å²) in [6, 6.07) is 4.50. The van der Waals surface area contributed by atoms with Gasteiger partial charge in [-0.3, -0.25) is 4.79 Å². The van der Waals surface area contributed by atoms with Crippen LogP contribution in [0.2, 0.25) is 0 Å². The molecule has 3 N–H and O–H groups in total. The molecule has 6 heteroatoms. The van der Waals surface area contributed by atoms with Gasteiger partial charge in [-0.15, -0.1) is 12.4 Å². The van der Waals surface area contributed by atoms with Crippen molar-refractivity contribution in [1.29, 1.82) is 0 Å². The summed E-state index contributed by atoms with van der Waals surface area (Å²) in [5.74, 6) is 0.0277. The Bertz CT molecular complexity index is 477. The lowest BCUT2D eigenvalue weighted by atomic mass is 9.93. The third kappa shape index (κ3) is 4.03. The molecule has 0 unspecified atom stereocenters. The number of nitrogens with zero attached hydrogens (tertiary/aromatic N) is 1. The van der Waals surface area contributed by atoms with Crippen molar-refractivity contribution in [2.24, 2.45) is 0 Å². The maximum absolute atomic E-state index is 12.5. The average molecular weight is 328 g/mol. The second-order valence-corrected chi connectivity index (χ2v) is 6.26. The van der Waals surface area contributed by atoms with Crippen LogP contribution in [0.4, 0.5) is 0 Å². The fourth-order valence-corrected chi connectivity index (χ4v) is 3.47. The fraction of sp³-hybridized carbons (Fsp3) is 0.688. The lowest BCUT2D eigenvalue weighted by molar-refractivity contribution is 0.0856. The first-order valence-electron chi connectivity index (χ1n) is 8.10. The molecule has 1 saturated heterocycles. The highest BCUT2D eigenvalue weighted by Gasteiger charge is 2.24. The number of amides is 1. The fourth-order valence-electron chi connectivity index (χ4n) is 3.47. The first kappa shape index (κ1) is 17.3. The van der Waals surface area contributed by atoms with Crippen molar-refractivity contribution in [2.45, 2.75) is 56.7 Å². The summed E-state index contributed by atoms with van der Waals surface area (Å²) in [6.45, 7) is 2.04. The van der Waals surface area contributed by atoms with Crippen LogP contribution in [-0.2, 0) is 0 Å². The minimum atomic E-state index is -0.184. The van der Waals surface area contributed by atoms with Crippen LogP contribution in [0.3, 0.4) is 0 Å². The van der Waals surface area contributed by atoms with E-state index in [0.717, 1.165) is 57.3 Å². The number of rotatable bonds is 3. The van der Waals surface area contributed by atoms with E-state index in [-0.39, 0.29) is 30.5 Å². The van der Waals surface area contributed by atoms with Gasteiger partial charge >= 0.3 is 0 Å². The van der Waals surface area contributed by atoms with Gasteiger partial charge in [0.15, 0.2) is 0 Å². The summed E-state index contributed by atoms with van der Waals surface area (Å²) in [6.07, 6.45) is 7.32. The Kier molecular flexibility index (Phi) is 6.29. The first-order valence-corrected chi connectivity index (χ1v) is 8.10. The highest BCUT2D eigenvalue weighted by atomic mass is 35.5. The number of carbonyl (C=O) groups is 1. The van der Waals surface area contributed by atoms with Gasteiger partial charge in [-0.2, -0.15) is 0 Å². The number of aromatic nitrogens is 1. The molecule has 1 amide bonds. The predicted molar refractivity (Wildman–Crippen MR) is 88.5 cm³/mol. The monoisotopic (exact) mass is 327 g/mol. The summed E-state index contributed by atoms with van der Waals surface area (Å²) < 4.78 is 2.13. The summed E-state index contributed by atoms with van der Waals surface area (Å²) in [5.41, 5.74) is 0.771. The Morgan fingerprint density at radius 1 is 1.18 bits per heavy atom. The van der Waals surface area contributed by atoms with Crippen LogP contribution >= 0.6 is 12.4 Å². The van der Waals surface area contributed by atoms with Crippen molar-refractivity contribution in [2.75, 3.05) is 13.1 Å². The number of aliphatic hydroxyl groups is 1. The molecule has 1 aliphatic carbocycles. The molecular formula is C16H26ClN3O2. The smallest absolute Gasteiger partial charge is 0.268 e. The average Bonchev–Trinajstić information content (AvgIpc) is 3.00.